The molecule has 0 radical (unpaired) electrons. The van der Waals surface area contributed by atoms with Crippen molar-refractivity contribution < 1.29 is 9.53 Å². The van der Waals surface area contributed by atoms with Gasteiger partial charge in [-0.1, -0.05) is 17.7 Å². The van der Waals surface area contributed by atoms with Gasteiger partial charge in [-0.05, 0) is 44.9 Å². The first-order valence-electron chi connectivity index (χ1n) is 9.01. The third kappa shape index (κ3) is 4.11. The number of aromatic nitrogens is 3. The fraction of sp³-hybridized carbons (Fsp3) is 0.526. The lowest BCUT2D eigenvalue weighted by Crippen LogP contribution is -2.40. The predicted octanol–water partition coefficient (Wildman–Crippen LogP) is 1.70. The number of nitrogens with zero attached hydrogens (tertiary/aromatic N) is 4. The molecule has 1 aliphatic heterocycles. The lowest BCUT2D eigenvalue weighted by atomic mass is 9.97. The molecule has 0 bridgehead atoms. The van der Waals surface area contributed by atoms with E-state index in [0.717, 1.165) is 43.0 Å². The van der Waals surface area contributed by atoms with Gasteiger partial charge in [-0.2, -0.15) is 0 Å². The van der Waals surface area contributed by atoms with Gasteiger partial charge in [-0.25, -0.2) is 9.67 Å². The van der Waals surface area contributed by atoms with Gasteiger partial charge < -0.3 is 10.5 Å². The molecule has 0 spiro atoms. The maximum atomic E-state index is 11.3. The Morgan fingerprint density at radius 1 is 1.38 bits per heavy atom. The lowest BCUT2D eigenvalue weighted by molar-refractivity contribution is -0.119. The molecule has 0 aliphatic carbocycles. The van der Waals surface area contributed by atoms with Crippen molar-refractivity contribution in [1.82, 2.24) is 19.7 Å². The minimum atomic E-state index is -0.290. The zero-order chi connectivity index (χ0) is 18.7. The third-order valence-corrected chi connectivity index (χ3v) is 4.78. The molecular formula is C19H27N5O2. The Kier molecular flexibility index (Phi) is 5.68. The van der Waals surface area contributed by atoms with Crippen LogP contribution in [0.2, 0.25) is 0 Å². The van der Waals surface area contributed by atoms with Crippen LogP contribution in [0.5, 0.6) is 0 Å². The third-order valence-electron chi connectivity index (χ3n) is 4.78. The Morgan fingerprint density at radius 3 is 2.88 bits per heavy atom. The van der Waals surface area contributed by atoms with Crippen LogP contribution in [0.1, 0.15) is 41.5 Å². The Balaban J connectivity index is 1.96. The van der Waals surface area contributed by atoms with Gasteiger partial charge in [-0.15, -0.1) is 5.10 Å². The zero-order valence-corrected chi connectivity index (χ0v) is 15.7. The highest BCUT2D eigenvalue weighted by molar-refractivity contribution is 5.75. The summed E-state index contributed by atoms with van der Waals surface area (Å²) in [7, 11) is 1.65. The first-order valence-corrected chi connectivity index (χ1v) is 9.01. The van der Waals surface area contributed by atoms with Crippen LogP contribution < -0.4 is 5.73 Å². The molecule has 7 nitrogen and oxygen atoms in total. The zero-order valence-electron chi connectivity index (χ0n) is 15.7. The topological polar surface area (TPSA) is 86.3 Å². The molecule has 1 aliphatic rings. The Hall–Kier alpha value is -2.25. The predicted molar refractivity (Wildman–Crippen MR) is 99.2 cm³/mol. The highest BCUT2D eigenvalue weighted by Crippen LogP contribution is 2.28. The van der Waals surface area contributed by atoms with Gasteiger partial charge in [0.05, 0.1) is 12.2 Å². The number of carbonyl (C=O) groups is 1. The van der Waals surface area contributed by atoms with Crippen LogP contribution >= 0.6 is 0 Å². The molecule has 1 saturated heterocycles. The summed E-state index contributed by atoms with van der Waals surface area (Å²) >= 11 is 0. The van der Waals surface area contributed by atoms with Crippen molar-refractivity contribution in [3.63, 3.8) is 0 Å². The number of aryl methyl sites for hydroxylation is 2. The fourth-order valence-corrected chi connectivity index (χ4v) is 3.67. The molecule has 26 heavy (non-hydrogen) atoms. The molecule has 140 valence electrons. The van der Waals surface area contributed by atoms with Crippen LogP contribution in [0.15, 0.2) is 18.2 Å². The molecule has 3 rings (SSSR count). The van der Waals surface area contributed by atoms with Crippen LogP contribution in [0.3, 0.4) is 0 Å². The van der Waals surface area contributed by atoms with Crippen molar-refractivity contribution in [3.8, 4) is 5.69 Å². The second-order valence-electron chi connectivity index (χ2n) is 7.06. The first kappa shape index (κ1) is 18.5. The molecule has 1 fully saturated rings. The largest absolute Gasteiger partial charge is 0.377 e. The number of amides is 1. The first-order chi connectivity index (χ1) is 12.5. The van der Waals surface area contributed by atoms with Gasteiger partial charge in [-0.3, -0.25) is 9.69 Å². The van der Waals surface area contributed by atoms with E-state index in [9.17, 15) is 4.79 Å². The minimum Gasteiger partial charge on any atom is -0.377 e. The second-order valence-corrected chi connectivity index (χ2v) is 7.06. The number of primary amides is 1. The quantitative estimate of drug-likeness (QED) is 0.850. The summed E-state index contributed by atoms with van der Waals surface area (Å²) in [5, 5.41) is 4.69. The standard InChI is InChI=1S/C19H27N5O2/c1-13-6-7-16(14(2)9-13)24-19(21-18(22-24)12-26-3)15-5-4-8-23(10-15)11-17(20)25/h6-7,9,15H,4-5,8,10-12H2,1-3H3,(H2,20,25). The molecule has 7 heteroatoms. The number of hydrogen-bond donors (Lipinski definition) is 1. The number of hydrogen-bond acceptors (Lipinski definition) is 5. The summed E-state index contributed by atoms with van der Waals surface area (Å²) in [4.78, 5) is 18.2. The van der Waals surface area contributed by atoms with Gasteiger partial charge in [0, 0.05) is 19.6 Å². The fourth-order valence-electron chi connectivity index (χ4n) is 3.67. The summed E-state index contributed by atoms with van der Waals surface area (Å²) in [6, 6.07) is 6.32. The molecular weight excluding hydrogens is 330 g/mol. The highest BCUT2D eigenvalue weighted by Gasteiger charge is 2.27. The number of benzene rings is 1. The van der Waals surface area contributed by atoms with E-state index < -0.39 is 0 Å². The van der Waals surface area contributed by atoms with Gasteiger partial charge >= 0.3 is 0 Å². The van der Waals surface area contributed by atoms with E-state index in [-0.39, 0.29) is 11.8 Å². The van der Waals surface area contributed by atoms with Gasteiger partial charge in [0.25, 0.3) is 0 Å². The number of carbonyl (C=O) groups excluding carboxylic acids is 1. The van der Waals surface area contributed by atoms with E-state index in [0.29, 0.717) is 19.0 Å². The number of likely N-dealkylation sites (tertiary alicyclic amines) is 1. The minimum absolute atomic E-state index is 0.210. The van der Waals surface area contributed by atoms with Crippen LogP contribution in [0.25, 0.3) is 5.69 Å². The summed E-state index contributed by atoms with van der Waals surface area (Å²) in [5.74, 6) is 1.52. The van der Waals surface area contributed by atoms with Crippen LogP contribution in [0.4, 0.5) is 0 Å². The van der Waals surface area contributed by atoms with E-state index in [4.69, 9.17) is 20.6 Å². The molecule has 1 amide bonds. The monoisotopic (exact) mass is 357 g/mol. The van der Waals surface area contributed by atoms with Crippen molar-refractivity contribution in [3.05, 3.63) is 41.0 Å². The molecule has 1 aromatic heterocycles. The summed E-state index contributed by atoms with van der Waals surface area (Å²) in [6.45, 7) is 6.49. The highest BCUT2D eigenvalue weighted by atomic mass is 16.5. The summed E-state index contributed by atoms with van der Waals surface area (Å²) < 4.78 is 7.18. The van der Waals surface area contributed by atoms with Crippen molar-refractivity contribution in [2.45, 2.75) is 39.2 Å². The van der Waals surface area contributed by atoms with Crippen molar-refractivity contribution in [2.75, 3.05) is 26.7 Å². The van der Waals surface area contributed by atoms with Crippen LogP contribution in [0, 0.1) is 13.8 Å². The Labute approximate surface area is 154 Å². The van der Waals surface area contributed by atoms with Crippen molar-refractivity contribution in [1.29, 1.82) is 0 Å². The van der Waals surface area contributed by atoms with E-state index in [1.165, 1.54) is 5.56 Å². The van der Waals surface area contributed by atoms with Gasteiger partial charge in [0.1, 0.15) is 12.4 Å². The van der Waals surface area contributed by atoms with Crippen LogP contribution in [-0.2, 0) is 16.1 Å². The SMILES string of the molecule is COCc1nc(C2CCCN(CC(N)=O)C2)n(-c2ccc(C)cc2C)n1. The summed E-state index contributed by atoms with van der Waals surface area (Å²) in [5.41, 5.74) is 8.79. The molecule has 2 heterocycles. The average molecular weight is 357 g/mol. The van der Waals surface area contributed by atoms with E-state index in [2.05, 4.69) is 36.9 Å². The van der Waals surface area contributed by atoms with E-state index in [1.807, 2.05) is 4.68 Å². The maximum absolute atomic E-state index is 11.3. The maximum Gasteiger partial charge on any atom is 0.231 e. The Bertz CT molecular complexity index is 786. The molecule has 2 N–H and O–H groups in total. The Morgan fingerprint density at radius 2 is 2.19 bits per heavy atom. The summed E-state index contributed by atoms with van der Waals surface area (Å²) in [6.07, 6.45) is 2.03. The number of ether oxygens (including phenoxy) is 1. The molecule has 1 atom stereocenters. The van der Waals surface area contributed by atoms with Gasteiger partial charge in [0.2, 0.25) is 5.91 Å². The molecule has 0 saturated carbocycles. The number of methoxy groups -OCH3 is 1. The molecule has 1 unspecified atom stereocenters. The van der Waals surface area contributed by atoms with E-state index in [1.54, 1.807) is 7.11 Å². The number of nitrogens with two attached hydrogens (primary N) is 1. The number of piperidine rings is 1. The lowest BCUT2D eigenvalue weighted by Gasteiger charge is -2.31. The number of rotatable bonds is 6. The average Bonchev–Trinajstić information content (AvgIpc) is 2.98. The smallest absolute Gasteiger partial charge is 0.231 e. The molecule has 2 aromatic rings. The van der Waals surface area contributed by atoms with Crippen molar-refractivity contribution >= 4 is 5.91 Å². The van der Waals surface area contributed by atoms with Crippen LogP contribution in [-0.4, -0.2) is 52.3 Å². The van der Waals surface area contributed by atoms with E-state index >= 15 is 0 Å². The van der Waals surface area contributed by atoms with Gasteiger partial charge in [0.15, 0.2) is 5.82 Å². The second kappa shape index (κ2) is 7.97. The normalized spacial score (nSPS) is 18.2. The van der Waals surface area contributed by atoms with Crippen molar-refractivity contribution in [2.24, 2.45) is 5.73 Å². The molecule has 1 aromatic carbocycles.